The van der Waals surface area contributed by atoms with Crippen LogP contribution in [0.15, 0.2) is 24.5 Å². The molecule has 0 atom stereocenters. The molecule has 1 aliphatic heterocycles. The first-order valence-electron chi connectivity index (χ1n) is 6.65. The summed E-state index contributed by atoms with van der Waals surface area (Å²) in [6.45, 7) is 9.01. The topological polar surface area (TPSA) is 28.2 Å². The van der Waals surface area contributed by atoms with Crippen LogP contribution in [0.3, 0.4) is 0 Å². The molecule has 0 amide bonds. The predicted molar refractivity (Wildman–Crippen MR) is 70.8 cm³/mol. The van der Waals surface area contributed by atoms with Gasteiger partial charge in [0.15, 0.2) is 0 Å². The predicted octanol–water partition coefficient (Wildman–Crippen LogP) is 2.05. The molecular formula is C14H23N3. The van der Waals surface area contributed by atoms with E-state index >= 15 is 0 Å². The molecule has 2 rings (SSSR count). The zero-order chi connectivity index (χ0) is 12.1. The lowest BCUT2D eigenvalue weighted by molar-refractivity contribution is 0.0447. The summed E-state index contributed by atoms with van der Waals surface area (Å²) in [7, 11) is 0. The minimum Gasteiger partial charge on any atom is -0.314 e. The molecule has 17 heavy (non-hydrogen) atoms. The van der Waals surface area contributed by atoms with Crippen LogP contribution in [-0.2, 0) is 6.54 Å². The summed E-state index contributed by atoms with van der Waals surface area (Å²) in [6.07, 6.45) is 6.19. The van der Waals surface area contributed by atoms with Gasteiger partial charge in [0.25, 0.3) is 0 Å². The highest BCUT2D eigenvalue weighted by molar-refractivity contribution is 5.11. The minimum atomic E-state index is 0.335. The zero-order valence-electron chi connectivity index (χ0n) is 10.9. The maximum Gasteiger partial charge on any atom is 0.0332 e. The number of hydrogen-bond acceptors (Lipinski definition) is 3. The summed E-state index contributed by atoms with van der Waals surface area (Å²) in [5.41, 5.74) is 1.70. The Labute approximate surface area is 104 Å². The van der Waals surface area contributed by atoms with Gasteiger partial charge in [-0.3, -0.25) is 9.88 Å². The Balaban J connectivity index is 2.12. The number of nitrogens with zero attached hydrogens (tertiary/aromatic N) is 2. The van der Waals surface area contributed by atoms with E-state index < -0.39 is 0 Å². The SMILES string of the molecule is CCC1(CC)CNCCN1Cc1ccncc1. The van der Waals surface area contributed by atoms with Crippen LogP contribution in [0.4, 0.5) is 0 Å². The maximum atomic E-state index is 4.08. The quantitative estimate of drug-likeness (QED) is 0.862. The number of nitrogens with one attached hydrogen (secondary N) is 1. The first kappa shape index (κ1) is 12.5. The van der Waals surface area contributed by atoms with Crippen LogP contribution in [0.5, 0.6) is 0 Å². The van der Waals surface area contributed by atoms with Crippen LogP contribution in [-0.4, -0.2) is 35.1 Å². The van der Waals surface area contributed by atoms with Crippen molar-refractivity contribution in [1.29, 1.82) is 0 Å². The third-order valence-electron chi connectivity index (χ3n) is 4.12. The molecule has 1 aromatic rings. The van der Waals surface area contributed by atoms with Crippen LogP contribution in [0.2, 0.25) is 0 Å². The second-order valence-electron chi connectivity index (χ2n) is 4.89. The van der Waals surface area contributed by atoms with Gasteiger partial charge in [-0.25, -0.2) is 0 Å². The van der Waals surface area contributed by atoms with Crippen molar-refractivity contribution >= 4 is 0 Å². The van der Waals surface area contributed by atoms with Crippen LogP contribution in [0, 0.1) is 0 Å². The Morgan fingerprint density at radius 2 is 2.00 bits per heavy atom. The molecule has 0 saturated carbocycles. The number of hydrogen-bond donors (Lipinski definition) is 1. The normalized spacial score (nSPS) is 20.4. The summed E-state index contributed by atoms with van der Waals surface area (Å²) in [5, 5.41) is 3.54. The molecule has 0 aromatic carbocycles. The molecule has 94 valence electrons. The van der Waals surface area contributed by atoms with Gasteiger partial charge in [-0.05, 0) is 30.5 Å². The molecule has 0 aliphatic carbocycles. The van der Waals surface area contributed by atoms with Gasteiger partial charge in [0.1, 0.15) is 0 Å². The van der Waals surface area contributed by atoms with Crippen LogP contribution < -0.4 is 5.32 Å². The second-order valence-corrected chi connectivity index (χ2v) is 4.89. The average Bonchev–Trinajstić information content (AvgIpc) is 2.41. The van der Waals surface area contributed by atoms with Crippen molar-refractivity contribution in [1.82, 2.24) is 15.2 Å². The first-order valence-corrected chi connectivity index (χ1v) is 6.65. The number of rotatable bonds is 4. The van der Waals surface area contributed by atoms with E-state index in [4.69, 9.17) is 0 Å². The molecule has 3 nitrogen and oxygen atoms in total. The number of pyridine rings is 1. The standard InChI is InChI=1S/C14H23N3/c1-3-14(4-2)12-16-9-10-17(14)11-13-5-7-15-8-6-13/h5-8,16H,3-4,9-12H2,1-2H3. The summed E-state index contributed by atoms with van der Waals surface area (Å²) < 4.78 is 0. The van der Waals surface area contributed by atoms with Crippen LogP contribution >= 0.6 is 0 Å². The fourth-order valence-electron chi connectivity index (χ4n) is 2.79. The molecule has 3 heteroatoms. The van der Waals surface area contributed by atoms with Crippen molar-refractivity contribution in [2.45, 2.75) is 38.8 Å². The van der Waals surface area contributed by atoms with Gasteiger partial charge in [0.2, 0.25) is 0 Å². The molecule has 1 N–H and O–H groups in total. The molecule has 0 radical (unpaired) electrons. The van der Waals surface area contributed by atoms with Crippen molar-refractivity contribution < 1.29 is 0 Å². The third-order valence-corrected chi connectivity index (χ3v) is 4.12. The molecule has 0 spiro atoms. The van der Waals surface area contributed by atoms with E-state index in [1.165, 1.54) is 18.4 Å². The molecule has 0 bridgehead atoms. The third kappa shape index (κ3) is 2.67. The minimum absolute atomic E-state index is 0.335. The van der Waals surface area contributed by atoms with E-state index in [0.717, 1.165) is 26.2 Å². The molecule has 1 saturated heterocycles. The first-order chi connectivity index (χ1) is 8.30. The Hall–Kier alpha value is -0.930. The van der Waals surface area contributed by atoms with Gasteiger partial charge in [-0.1, -0.05) is 13.8 Å². The smallest absolute Gasteiger partial charge is 0.0332 e. The summed E-state index contributed by atoms with van der Waals surface area (Å²) in [6, 6.07) is 4.25. The van der Waals surface area contributed by atoms with E-state index in [2.05, 4.69) is 41.2 Å². The second kappa shape index (κ2) is 5.61. The van der Waals surface area contributed by atoms with Crippen molar-refractivity contribution in [3.05, 3.63) is 30.1 Å². The van der Waals surface area contributed by atoms with Gasteiger partial charge < -0.3 is 5.32 Å². The molecule has 2 heterocycles. The number of piperazine rings is 1. The van der Waals surface area contributed by atoms with Gasteiger partial charge >= 0.3 is 0 Å². The Morgan fingerprint density at radius 1 is 1.29 bits per heavy atom. The lowest BCUT2D eigenvalue weighted by Gasteiger charge is -2.47. The van der Waals surface area contributed by atoms with Gasteiger partial charge in [-0.2, -0.15) is 0 Å². The molecule has 1 aromatic heterocycles. The van der Waals surface area contributed by atoms with E-state index in [1.54, 1.807) is 0 Å². The maximum absolute atomic E-state index is 4.08. The fraction of sp³-hybridized carbons (Fsp3) is 0.643. The highest BCUT2D eigenvalue weighted by Crippen LogP contribution is 2.27. The molecular weight excluding hydrogens is 210 g/mol. The molecule has 0 unspecified atom stereocenters. The lowest BCUT2D eigenvalue weighted by atomic mass is 9.88. The van der Waals surface area contributed by atoms with Crippen LogP contribution in [0.25, 0.3) is 0 Å². The molecule has 1 aliphatic rings. The van der Waals surface area contributed by atoms with E-state index in [0.29, 0.717) is 5.54 Å². The Bertz CT molecular complexity index is 333. The Morgan fingerprint density at radius 3 is 2.65 bits per heavy atom. The van der Waals surface area contributed by atoms with Crippen molar-refractivity contribution in [3.8, 4) is 0 Å². The fourth-order valence-corrected chi connectivity index (χ4v) is 2.79. The van der Waals surface area contributed by atoms with Crippen LogP contribution in [0.1, 0.15) is 32.3 Å². The van der Waals surface area contributed by atoms with Crippen molar-refractivity contribution in [2.24, 2.45) is 0 Å². The van der Waals surface area contributed by atoms with Gasteiger partial charge in [0, 0.05) is 44.1 Å². The molecule has 1 fully saturated rings. The Kier molecular flexibility index (Phi) is 4.13. The summed E-state index contributed by atoms with van der Waals surface area (Å²) >= 11 is 0. The highest BCUT2D eigenvalue weighted by atomic mass is 15.3. The van der Waals surface area contributed by atoms with Gasteiger partial charge in [-0.15, -0.1) is 0 Å². The van der Waals surface area contributed by atoms with Crippen molar-refractivity contribution in [2.75, 3.05) is 19.6 Å². The average molecular weight is 233 g/mol. The van der Waals surface area contributed by atoms with E-state index in [-0.39, 0.29) is 0 Å². The monoisotopic (exact) mass is 233 g/mol. The largest absolute Gasteiger partial charge is 0.314 e. The zero-order valence-corrected chi connectivity index (χ0v) is 10.9. The highest BCUT2D eigenvalue weighted by Gasteiger charge is 2.35. The van der Waals surface area contributed by atoms with Crippen molar-refractivity contribution in [3.63, 3.8) is 0 Å². The van der Waals surface area contributed by atoms with E-state index in [1.807, 2.05) is 12.4 Å². The summed E-state index contributed by atoms with van der Waals surface area (Å²) in [4.78, 5) is 6.72. The summed E-state index contributed by atoms with van der Waals surface area (Å²) in [5.74, 6) is 0. The lowest BCUT2D eigenvalue weighted by Crippen LogP contribution is -2.60. The van der Waals surface area contributed by atoms with E-state index in [9.17, 15) is 0 Å². The number of aromatic nitrogens is 1. The van der Waals surface area contributed by atoms with Gasteiger partial charge in [0.05, 0.1) is 0 Å².